The zero-order chi connectivity index (χ0) is 18.7. The molecule has 2 aliphatic rings. The lowest BCUT2D eigenvalue weighted by atomic mass is 10.1. The van der Waals surface area contributed by atoms with E-state index in [0.29, 0.717) is 50.0 Å². The predicted octanol–water partition coefficient (Wildman–Crippen LogP) is 1.99. The van der Waals surface area contributed by atoms with Crippen molar-refractivity contribution >= 4 is 35.2 Å². The highest BCUT2D eigenvalue weighted by atomic mass is 35.5. The van der Waals surface area contributed by atoms with Crippen LogP contribution in [-0.4, -0.2) is 67.0 Å². The molecule has 2 fully saturated rings. The van der Waals surface area contributed by atoms with Gasteiger partial charge in [0.05, 0.1) is 12.5 Å². The van der Waals surface area contributed by atoms with Crippen LogP contribution in [0.2, 0.25) is 5.02 Å². The molecular weight excluding hydrogens is 358 g/mol. The second kappa shape index (κ2) is 7.95. The molecule has 1 aromatic rings. The van der Waals surface area contributed by atoms with E-state index < -0.39 is 0 Å². The Balaban J connectivity index is 1.58. The summed E-state index contributed by atoms with van der Waals surface area (Å²) >= 11 is 6.00. The number of rotatable bonds is 3. The first-order chi connectivity index (χ1) is 12.5. The zero-order valence-electron chi connectivity index (χ0n) is 14.7. The maximum Gasteiger partial charge on any atom is 0.409 e. The summed E-state index contributed by atoms with van der Waals surface area (Å²) in [6, 6.07) is 7.07. The molecule has 0 aliphatic carbocycles. The van der Waals surface area contributed by atoms with Crippen LogP contribution in [0, 0.1) is 5.92 Å². The number of carbonyl (C=O) groups excluding carboxylic acids is 3. The van der Waals surface area contributed by atoms with Crippen LogP contribution < -0.4 is 4.90 Å². The lowest BCUT2D eigenvalue weighted by molar-refractivity contribution is -0.137. The molecule has 8 heteroatoms. The summed E-state index contributed by atoms with van der Waals surface area (Å²) in [5.74, 6) is -0.474. The highest BCUT2D eigenvalue weighted by Gasteiger charge is 2.38. The molecular formula is C18H22ClN3O4. The minimum absolute atomic E-state index is 0.0358. The average Bonchev–Trinajstić information content (AvgIpc) is 3.03. The van der Waals surface area contributed by atoms with Crippen molar-refractivity contribution in [3.63, 3.8) is 0 Å². The van der Waals surface area contributed by atoms with E-state index in [4.69, 9.17) is 16.3 Å². The third-order valence-electron chi connectivity index (χ3n) is 4.71. The Bertz CT molecular complexity index is 703. The first-order valence-electron chi connectivity index (χ1n) is 8.76. The van der Waals surface area contributed by atoms with E-state index in [0.717, 1.165) is 0 Å². The molecule has 2 heterocycles. The number of halogens is 1. The molecule has 0 radical (unpaired) electrons. The summed E-state index contributed by atoms with van der Waals surface area (Å²) < 4.78 is 4.99. The van der Waals surface area contributed by atoms with Crippen LogP contribution in [0.1, 0.15) is 13.3 Å². The van der Waals surface area contributed by atoms with Crippen LogP contribution in [0.25, 0.3) is 0 Å². The number of nitrogens with zero attached hydrogens (tertiary/aromatic N) is 3. The normalized spacial score (nSPS) is 20.5. The molecule has 0 N–H and O–H groups in total. The van der Waals surface area contributed by atoms with Crippen molar-refractivity contribution < 1.29 is 19.1 Å². The Hall–Kier alpha value is -2.28. The standard InChI is InChI=1S/C18H22ClN3O4/c1-2-26-18(25)21-8-6-20(7-9-21)17(24)13-10-16(23)22(12-13)15-5-3-4-14(19)11-15/h3-5,11,13H,2,6-10,12H2,1H3. The van der Waals surface area contributed by atoms with Gasteiger partial charge < -0.3 is 19.4 Å². The van der Waals surface area contributed by atoms with Crippen molar-refractivity contribution in [2.45, 2.75) is 13.3 Å². The minimum atomic E-state index is -0.365. The molecule has 3 rings (SSSR count). The van der Waals surface area contributed by atoms with E-state index in [1.165, 1.54) is 0 Å². The topological polar surface area (TPSA) is 70.2 Å². The molecule has 1 atom stereocenters. The van der Waals surface area contributed by atoms with E-state index in [2.05, 4.69) is 0 Å². The third-order valence-corrected chi connectivity index (χ3v) is 4.95. The molecule has 3 amide bonds. The molecule has 1 aromatic carbocycles. The SMILES string of the molecule is CCOC(=O)N1CCN(C(=O)C2CC(=O)N(c3cccc(Cl)c3)C2)CC1. The van der Waals surface area contributed by atoms with Crippen molar-refractivity contribution in [2.24, 2.45) is 5.92 Å². The van der Waals surface area contributed by atoms with E-state index in [1.807, 2.05) is 6.07 Å². The van der Waals surface area contributed by atoms with E-state index >= 15 is 0 Å². The summed E-state index contributed by atoms with van der Waals surface area (Å²) in [5, 5.41) is 0.556. The van der Waals surface area contributed by atoms with E-state index in [9.17, 15) is 14.4 Å². The van der Waals surface area contributed by atoms with Gasteiger partial charge in [-0.2, -0.15) is 0 Å². The number of benzene rings is 1. The molecule has 140 valence electrons. The van der Waals surface area contributed by atoms with Crippen molar-refractivity contribution in [3.8, 4) is 0 Å². The van der Waals surface area contributed by atoms with Gasteiger partial charge in [-0.3, -0.25) is 9.59 Å². The molecule has 26 heavy (non-hydrogen) atoms. The maximum atomic E-state index is 12.8. The second-order valence-corrected chi connectivity index (χ2v) is 6.83. The lowest BCUT2D eigenvalue weighted by Gasteiger charge is -2.35. The van der Waals surface area contributed by atoms with Crippen LogP contribution in [-0.2, 0) is 14.3 Å². The molecule has 7 nitrogen and oxygen atoms in total. The van der Waals surface area contributed by atoms with Crippen molar-refractivity contribution in [2.75, 3.05) is 44.2 Å². The Morgan fingerprint density at radius 1 is 1.19 bits per heavy atom. The van der Waals surface area contributed by atoms with Crippen LogP contribution in [0.4, 0.5) is 10.5 Å². The predicted molar refractivity (Wildman–Crippen MR) is 97.1 cm³/mol. The fourth-order valence-electron chi connectivity index (χ4n) is 3.35. The number of hydrogen-bond donors (Lipinski definition) is 0. The molecule has 0 spiro atoms. The average molecular weight is 380 g/mol. The van der Waals surface area contributed by atoms with Gasteiger partial charge in [-0.1, -0.05) is 17.7 Å². The largest absolute Gasteiger partial charge is 0.450 e. The number of carbonyl (C=O) groups is 3. The number of hydrogen-bond acceptors (Lipinski definition) is 4. The summed E-state index contributed by atoms with van der Waals surface area (Å²) in [6.45, 7) is 4.27. The molecule has 2 aliphatic heterocycles. The summed E-state index contributed by atoms with van der Waals surface area (Å²) in [4.78, 5) is 41.8. The first-order valence-corrected chi connectivity index (χ1v) is 9.13. The van der Waals surface area contributed by atoms with E-state index in [1.54, 1.807) is 39.8 Å². The molecule has 0 bridgehead atoms. The van der Waals surface area contributed by atoms with Gasteiger partial charge in [0.1, 0.15) is 0 Å². The fourth-order valence-corrected chi connectivity index (χ4v) is 3.53. The lowest BCUT2D eigenvalue weighted by Crippen LogP contribution is -2.52. The van der Waals surface area contributed by atoms with Crippen LogP contribution in [0.3, 0.4) is 0 Å². The maximum absolute atomic E-state index is 12.8. The van der Waals surface area contributed by atoms with Gasteiger partial charge in [-0.25, -0.2) is 4.79 Å². The van der Waals surface area contributed by atoms with Crippen LogP contribution in [0.15, 0.2) is 24.3 Å². The quantitative estimate of drug-likeness (QED) is 0.805. The van der Waals surface area contributed by atoms with Crippen LogP contribution in [0.5, 0.6) is 0 Å². The molecule has 0 saturated carbocycles. The highest BCUT2D eigenvalue weighted by molar-refractivity contribution is 6.31. The first kappa shape index (κ1) is 18.5. The van der Waals surface area contributed by atoms with Gasteiger partial charge in [0.25, 0.3) is 0 Å². The Morgan fingerprint density at radius 3 is 2.54 bits per heavy atom. The van der Waals surface area contributed by atoms with Gasteiger partial charge in [0, 0.05) is 49.9 Å². The minimum Gasteiger partial charge on any atom is -0.450 e. The summed E-state index contributed by atoms with van der Waals surface area (Å²) in [6.07, 6.45) is -0.147. The zero-order valence-corrected chi connectivity index (χ0v) is 15.4. The van der Waals surface area contributed by atoms with Gasteiger partial charge >= 0.3 is 6.09 Å². The second-order valence-electron chi connectivity index (χ2n) is 6.40. The number of ether oxygens (including phenoxy) is 1. The highest BCUT2D eigenvalue weighted by Crippen LogP contribution is 2.28. The van der Waals surface area contributed by atoms with E-state index in [-0.39, 0.29) is 30.2 Å². The van der Waals surface area contributed by atoms with Crippen LogP contribution >= 0.6 is 11.6 Å². The van der Waals surface area contributed by atoms with Crippen molar-refractivity contribution in [1.29, 1.82) is 0 Å². The smallest absolute Gasteiger partial charge is 0.409 e. The third kappa shape index (κ3) is 3.93. The Morgan fingerprint density at radius 2 is 1.88 bits per heavy atom. The van der Waals surface area contributed by atoms with Crippen molar-refractivity contribution in [1.82, 2.24) is 9.80 Å². The van der Waals surface area contributed by atoms with Gasteiger partial charge in [0.15, 0.2) is 0 Å². The van der Waals surface area contributed by atoms with Gasteiger partial charge in [-0.05, 0) is 25.1 Å². The van der Waals surface area contributed by atoms with Gasteiger partial charge in [-0.15, -0.1) is 0 Å². The monoisotopic (exact) mass is 379 g/mol. The molecule has 1 unspecified atom stereocenters. The summed E-state index contributed by atoms with van der Waals surface area (Å²) in [5.41, 5.74) is 0.713. The number of piperazine rings is 1. The fraction of sp³-hybridized carbons (Fsp3) is 0.500. The number of anilines is 1. The van der Waals surface area contributed by atoms with Crippen molar-refractivity contribution in [3.05, 3.63) is 29.3 Å². The van der Waals surface area contributed by atoms with Gasteiger partial charge in [0.2, 0.25) is 11.8 Å². The Kier molecular flexibility index (Phi) is 5.66. The Labute approximate surface area is 157 Å². The number of amides is 3. The summed E-state index contributed by atoms with van der Waals surface area (Å²) in [7, 11) is 0. The molecule has 0 aromatic heterocycles. The molecule has 2 saturated heterocycles.